The minimum absolute atomic E-state index is 0.0223. The number of nitrogens with zero attached hydrogens (tertiary/aromatic N) is 3. The summed E-state index contributed by atoms with van der Waals surface area (Å²) < 4.78 is 9.81. The maximum Gasteiger partial charge on any atom is 0.325 e. The molecule has 29 heavy (non-hydrogen) atoms. The van der Waals surface area contributed by atoms with E-state index >= 15 is 0 Å². The molecule has 0 saturated heterocycles. The normalized spacial score (nSPS) is 13.8. The summed E-state index contributed by atoms with van der Waals surface area (Å²) in [7, 11) is 0. The van der Waals surface area contributed by atoms with E-state index in [1.54, 1.807) is 20.8 Å². The summed E-state index contributed by atoms with van der Waals surface area (Å²) in [6.45, 7) is 9.12. The van der Waals surface area contributed by atoms with Gasteiger partial charge in [-0.2, -0.15) is 0 Å². The quantitative estimate of drug-likeness (QED) is 0.159. The van der Waals surface area contributed by atoms with Crippen molar-refractivity contribution in [3.63, 3.8) is 0 Å². The highest BCUT2D eigenvalue weighted by Gasteiger charge is 2.31. The Hall–Kier alpha value is -2.91. The minimum atomic E-state index is -1.39. The Bertz CT molecular complexity index is 664. The monoisotopic (exact) mass is 412 g/mol. The zero-order valence-electron chi connectivity index (χ0n) is 17.1. The molecule has 0 fully saturated rings. The number of azide groups is 1. The van der Waals surface area contributed by atoms with Crippen LogP contribution in [0.5, 0.6) is 0 Å². The molecule has 11 nitrogen and oxygen atoms in total. The first-order chi connectivity index (χ1) is 13.4. The van der Waals surface area contributed by atoms with Crippen LogP contribution in [0.3, 0.4) is 0 Å². The number of hydrogen-bond acceptors (Lipinski definition) is 8. The number of amides is 1. The molecule has 0 aliphatic carbocycles. The van der Waals surface area contributed by atoms with E-state index in [2.05, 4.69) is 21.9 Å². The molecule has 0 rings (SSSR count). The highest BCUT2D eigenvalue weighted by atomic mass is 16.6. The number of ketones is 1. The summed E-state index contributed by atoms with van der Waals surface area (Å²) in [5.41, 5.74) is 7.88. The Morgan fingerprint density at radius 2 is 1.86 bits per heavy atom. The summed E-state index contributed by atoms with van der Waals surface area (Å²) in [6.07, 6.45) is -0.881. The van der Waals surface area contributed by atoms with E-state index in [-0.39, 0.29) is 6.61 Å². The van der Waals surface area contributed by atoms with Gasteiger partial charge in [-0.25, -0.2) is 0 Å². The topological polar surface area (TPSA) is 168 Å². The summed E-state index contributed by atoms with van der Waals surface area (Å²) >= 11 is 0. The number of esters is 2. The van der Waals surface area contributed by atoms with Crippen LogP contribution in [-0.4, -0.2) is 59.6 Å². The SMILES string of the molecule is C=CCOC(=O)CNC(=O)[C@@H](CC(=O)[C@H](CC(=O)OC(C)(C)C)N=[N+]=[N-])[C@@H](C)O. The molecule has 2 N–H and O–H groups in total. The number of carbonyl (C=O) groups excluding carboxylic acids is 4. The third-order valence-electron chi connectivity index (χ3n) is 3.45. The zero-order chi connectivity index (χ0) is 22.6. The van der Waals surface area contributed by atoms with Gasteiger partial charge in [-0.15, -0.1) is 0 Å². The molecule has 0 unspecified atom stereocenters. The van der Waals surface area contributed by atoms with Gasteiger partial charge in [0.15, 0.2) is 0 Å². The smallest absolute Gasteiger partial charge is 0.325 e. The number of rotatable bonds is 12. The summed E-state index contributed by atoms with van der Waals surface area (Å²) in [6, 6.07) is -1.39. The number of nitrogens with one attached hydrogen (secondary N) is 1. The molecule has 162 valence electrons. The van der Waals surface area contributed by atoms with E-state index < -0.39 is 66.7 Å². The average Bonchev–Trinajstić information content (AvgIpc) is 2.59. The van der Waals surface area contributed by atoms with Gasteiger partial charge in [-0.1, -0.05) is 17.8 Å². The second-order valence-corrected chi connectivity index (χ2v) is 7.22. The van der Waals surface area contributed by atoms with Crippen LogP contribution in [0.15, 0.2) is 17.8 Å². The fraction of sp³-hybridized carbons (Fsp3) is 0.667. The van der Waals surface area contributed by atoms with Crippen molar-refractivity contribution in [2.24, 2.45) is 11.0 Å². The predicted molar refractivity (Wildman–Crippen MR) is 102 cm³/mol. The summed E-state index contributed by atoms with van der Waals surface area (Å²) in [4.78, 5) is 50.6. The van der Waals surface area contributed by atoms with Gasteiger partial charge in [0.25, 0.3) is 0 Å². The van der Waals surface area contributed by atoms with Crippen LogP contribution in [0.1, 0.15) is 40.5 Å². The van der Waals surface area contributed by atoms with Crippen LogP contribution in [0, 0.1) is 5.92 Å². The second-order valence-electron chi connectivity index (χ2n) is 7.22. The molecule has 1 amide bonds. The van der Waals surface area contributed by atoms with E-state index in [9.17, 15) is 24.3 Å². The van der Waals surface area contributed by atoms with E-state index in [1.165, 1.54) is 13.0 Å². The summed E-state index contributed by atoms with van der Waals surface area (Å²) in [5.74, 6) is -4.16. The van der Waals surface area contributed by atoms with Gasteiger partial charge in [0.1, 0.15) is 30.6 Å². The fourth-order valence-corrected chi connectivity index (χ4v) is 2.15. The fourth-order valence-electron chi connectivity index (χ4n) is 2.15. The van der Waals surface area contributed by atoms with Gasteiger partial charge in [-0.3, -0.25) is 19.2 Å². The van der Waals surface area contributed by atoms with Crippen LogP contribution >= 0.6 is 0 Å². The molecule has 0 bridgehead atoms. The van der Waals surface area contributed by atoms with Crippen molar-refractivity contribution < 1.29 is 33.8 Å². The van der Waals surface area contributed by atoms with Crippen LogP contribution in [-0.2, 0) is 28.7 Å². The van der Waals surface area contributed by atoms with E-state index in [1.807, 2.05) is 0 Å². The molecule has 0 aliphatic rings. The van der Waals surface area contributed by atoms with Crippen molar-refractivity contribution in [3.05, 3.63) is 23.1 Å². The number of hydrogen-bond donors (Lipinski definition) is 2. The number of carbonyl (C=O) groups is 4. The predicted octanol–water partition coefficient (Wildman–Crippen LogP) is 1.20. The van der Waals surface area contributed by atoms with Gasteiger partial charge in [0, 0.05) is 11.3 Å². The summed E-state index contributed by atoms with van der Waals surface area (Å²) in [5, 5.41) is 15.4. The Labute approximate surface area is 169 Å². The number of aliphatic hydroxyl groups excluding tert-OH is 1. The molecular formula is C18H28N4O7. The maximum atomic E-state index is 12.5. The van der Waals surface area contributed by atoms with Crippen LogP contribution in [0.4, 0.5) is 0 Å². The lowest BCUT2D eigenvalue weighted by Crippen LogP contribution is -2.41. The van der Waals surface area contributed by atoms with E-state index in [4.69, 9.17) is 15.0 Å². The van der Waals surface area contributed by atoms with Crippen molar-refractivity contribution in [3.8, 4) is 0 Å². The Morgan fingerprint density at radius 3 is 2.34 bits per heavy atom. The minimum Gasteiger partial charge on any atom is -0.460 e. The molecule has 3 atom stereocenters. The van der Waals surface area contributed by atoms with Crippen molar-refractivity contribution in [1.82, 2.24) is 5.32 Å². The van der Waals surface area contributed by atoms with Crippen molar-refractivity contribution in [2.45, 2.75) is 58.3 Å². The van der Waals surface area contributed by atoms with Crippen LogP contribution in [0.2, 0.25) is 0 Å². The second kappa shape index (κ2) is 12.5. The largest absolute Gasteiger partial charge is 0.460 e. The third-order valence-corrected chi connectivity index (χ3v) is 3.45. The molecule has 0 aliphatic heterocycles. The van der Waals surface area contributed by atoms with Gasteiger partial charge >= 0.3 is 11.9 Å². The van der Waals surface area contributed by atoms with E-state index in [0.717, 1.165) is 0 Å². The molecule has 0 aromatic carbocycles. The molecule has 0 spiro atoms. The zero-order valence-corrected chi connectivity index (χ0v) is 17.1. The van der Waals surface area contributed by atoms with Crippen LogP contribution < -0.4 is 5.32 Å². The van der Waals surface area contributed by atoms with E-state index in [0.29, 0.717) is 0 Å². The highest BCUT2D eigenvalue weighted by Crippen LogP contribution is 2.16. The first kappa shape index (κ1) is 26.1. The van der Waals surface area contributed by atoms with Crippen molar-refractivity contribution in [1.29, 1.82) is 0 Å². The first-order valence-corrected chi connectivity index (χ1v) is 8.92. The molecule has 0 aromatic rings. The molecule has 0 aromatic heterocycles. The van der Waals surface area contributed by atoms with Crippen LogP contribution in [0.25, 0.3) is 10.4 Å². The standard InChI is InChI=1S/C18H28N4O7/c1-6-7-28-16(26)10-20-17(27)12(11(2)23)8-14(24)13(21-22-19)9-15(25)29-18(3,4)5/h6,11-13,23H,1,7-10H2,2-5H3,(H,20,27)/t11-,12+,13+/m1/s1. The van der Waals surface area contributed by atoms with Gasteiger partial charge in [0.2, 0.25) is 5.91 Å². The molecule has 0 heterocycles. The Morgan fingerprint density at radius 1 is 1.24 bits per heavy atom. The van der Waals surface area contributed by atoms with Gasteiger partial charge < -0.3 is 19.9 Å². The van der Waals surface area contributed by atoms with Crippen molar-refractivity contribution in [2.75, 3.05) is 13.2 Å². The first-order valence-electron chi connectivity index (χ1n) is 8.92. The Kier molecular flexibility index (Phi) is 11.3. The lowest BCUT2D eigenvalue weighted by Gasteiger charge is -2.22. The lowest BCUT2D eigenvalue weighted by atomic mass is 9.92. The van der Waals surface area contributed by atoms with Gasteiger partial charge in [-0.05, 0) is 33.2 Å². The molecule has 0 saturated carbocycles. The molecular weight excluding hydrogens is 384 g/mol. The number of Topliss-reactive ketones (excluding diaryl/α,β-unsaturated/α-hetero) is 1. The number of ether oxygens (including phenoxy) is 2. The molecule has 0 radical (unpaired) electrons. The average molecular weight is 412 g/mol. The number of aliphatic hydroxyl groups is 1. The van der Waals surface area contributed by atoms with Crippen molar-refractivity contribution >= 4 is 23.6 Å². The lowest BCUT2D eigenvalue weighted by molar-refractivity contribution is -0.156. The van der Waals surface area contributed by atoms with Gasteiger partial charge in [0.05, 0.1) is 18.4 Å². The third kappa shape index (κ3) is 11.5. The maximum absolute atomic E-state index is 12.5. The Balaban J connectivity index is 5.03. The highest BCUT2D eigenvalue weighted by molar-refractivity contribution is 5.93. The molecule has 11 heteroatoms.